The summed E-state index contributed by atoms with van der Waals surface area (Å²) in [6.45, 7) is 11.0. The van der Waals surface area contributed by atoms with Crippen molar-refractivity contribution in [1.29, 1.82) is 0 Å². The standard InChI is InChI=1S/C30H43ClN6OS/c1-22-17-23(2)20-37(19-22)27-18-26(36-13-5-3-4-6-14-36)33-28(34-27)35-29(39)32-21-30(11-15-38-16-12-30)24-7-9-25(31)10-8-24/h7-10,18,22-23H,3-6,11-17,19-21H2,1-2H3,(H2,32,33,34,35,39). The maximum atomic E-state index is 6.18. The number of nitrogens with one attached hydrogen (secondary N) is 2. The van der Waals surface area contributed by atoms with E-state index in [1.165, 1.54) is 37.7 Å². The zero-order chi connectivity index (χ0) is 27.2. The highest BCUT2D eigenvalue weighted by Crippen LogP contribution is 2.35. The number of anilines is 3. The van der Waals surface area contributed by atoms with Gasteiger partial charge >= 0.3 is 0 Å². The number of aromatic nitrogens is 2. The summed E-state index contributed by atoms with van der Waals surface area (Å²) >= 11 is 12.0. The van der Waals surface area contributed by atoms with Gasteiger partial charge in [0.15, 0.2) is 5.11 Å². The predicted molar refractivity (Wildman–Crippen MR) is 165 cm³/mol. The molecule has 7 nitrogen and oxygen atoms in total. The van der Waals surface area contributed by atoms with Crippen molar-refractivity contribution >= 4 is 46.5 Å². The summed E-state index contributed by atoms with van der Waals surface area (Å²) in [4.78, 5) is 14.8. The van der Waals surface area contributed by atoms with E-state index in [-0.39, 0.29) is 5.41 Å². The van der Waals surface area contributed by atoms with Crippen molar-refractivity contribution in [3.8, 4) is 0 Å². The number of rotatable bonds is 6. The molecule has 1 aromatic carbocycles. The Morgan fingerprint density at radius 1 is 0.974 bits per heavy atom. The highest BCUT2D eigenvalue weighted by molar-refractivity contribution is 7.80. The largest absolute Gasteiger partial charge is 0.381 e. The second-order valence-corrected chi connectivity index (χ2v) is 12.7. The summed E-state index contributed by atoms with van der Waals surface area (Å²) < 4.78 is 5.71. The zero-order valence-electron chi connectivity index (χ0n) is 23.4. The van der Waals surface area contributed by atoms with Gasteiger partial charge in [-0.05, 0) is 73.9 Å². The van der Waals surface area contributed by atoms with E-state index in [9.17, 15) is 0 Å². The molecule has 2 unspecified atom stereocenters. The van der Waals surface area contributed by atoms with Gasteiger partial charge in [0, 0.05) is 62.4 Å². The summed E-state index contributed by atoms with van der Waals surface area (Å²) in [6, 6.07) is 10.4. The fraction of sp³-hybridized carbons (Fsp3) is 0.633. The van der Waals surface area contributed by atoms with Crippen LogP contribution in [0.1, 0.15) is 64.4 Å². The smallest absolute Gasteiger partial charge is 0.232 e. The van der Waals surface area contributed by atoms with Gasteiger partial charge in [0.1, 0.15) is 11.6 Å². The molecule has 0 radical (unpaired) electrons. The Morgan fingerprint density at radius 3 is 2.23 bits per heavy atom. The molecule has 4 heterocycles. The van der Waals surface area contributed by atoms with Crippen LogP contribution in [0.2, 0.25) is 5.02 Å². The van der Waals surface area contributed by atoms with Gasteiger partial charge < -0.3 is 25.2 Å². The quantitative estimate of drug-likeness (QED) is 0.408. The minimum atomic E-state index is -0.0609. The SMILES string of the molecule is CC1CC(C)CN(c2cc(N3CCCCCC3)nc(NC(=S)NCC3(c4ccc(Cl)cc4)CCOCC3)n2)C1. The van der Waals surface area contributed by atoms with Crippen molar-refractivity contribution in [2.45, 2.75) is 64.2 Å². The molecule has 0 spiro atoms. The van der Waals surface area contributed by atoms with Crippen molar-refractivity contribution in [3.05, 3.63) is 40.9 Å². The minimum absolute atomic E-state index is 0.0609. The van der Waals surface area contributed by atoms with E-state index in [0.717, 1.165) is 68.9 Å². The van der Waals surface area contributed by atoms with E-state index in [1.807, 2.05) is 12.1 Å². The highest BCUT2D eigenvalue weighted by Gasteiger charge is 2.34. The van der Waals surface area contributed by atoms with Gasteiger partial charge in [0.05, 0.1) is 0 Å². The topological polar surface area (TPSA) is 65.5 Å². The average Bonchev–Trinajstić information content (AvgIpc) is 3.22. The van der Waals surface area contributed by atoms with Crippen LogP contribution in [0.15, 0.2) is 30.3 Å². The molecule has 3 saturated heterocycles. The van der Waals surface area contributed by atoms with Crippen LogP contribution in [0.25, 0.3) is 0 Å². The number of halogens is 1. The Kier molecular flexibility index (Phi) is 9.46. The Labute approximate surface area is 244 Å². The van der Waals surface area contributed by atoms with Crippen molar-refractivity contribution in [1.82, 2.24) is 15.3 Å². The lowest BCUT2D eigenvalue weighted by Crippen LogP contribution is -2.45. The van der Waals surface area contributed by atoms with Crippen LogP contribution in [0.4, 0.5) is 17.6 Å². The molecule has 2 atom stereocenters. The summed E-state index contributed by atoms with van der Waals surface area (Å²) in [7, 11) is 0. The number of hydrogen-bond donors (Lipinski definition) is 2. The first-order valence-corrected chi connectivity index (χ1v) is 15.5. The molecule has 39 heavy (non-hydrogen) atoms. The van der Waals surface area contributed by atoms with Crippen molar-refractivity contribution in [2.75, 3.05) is 61.1 Å². The third kappa shape index (κ3) is 7.33. The van der Waals surface area contributed by atoms with Gasteiger partial charge in [-0.25, -0.2) is 0 Å². The van der Waals surface area contributed by atoms with Gasteiger partial charge in [0.2, 0.25) is 5.95 Å². The molecule has 3 fully saturated rings. The second-order valence-electron chi connectivity index (χ2n) is 11.9. The first-order chi connectivity index (χ1) is 18.9. The lowest BCUT2D eigenvalue weighted by molar-refractivity contribution is 0.0515. The Bertz CT molecular complexity index is 1090. The van der Waals surface area contributed by atoms with E-state index in [1.54, 1.807) is 0 Å². The predicted octanol–water partition coefficient (Wildman–Crippen LogP) is 6.03. The van der Waals surface area contributed by atoms with Gasteiger partial charge in [-0.3, -0.25) is 0 Å². The summed E-state index contributed by atoms with van der Waals surface area (Å²) in [6.07, 6.45) is 8.11. The number of benzene rings is 1. The van der Waals surface area contributed by atoms with Gasteiger partial charge in [-0.1, -0.05) is 50.4 Å². The lowest BCUT2D eigenvalue weighted by atomic mass is 9.74. The van der Waals surface area contributed by atoms with E-state index in [4.69, 9.17) is 38.5 Å². The Morgan fingerprint density at radius 2 is 1.59 bits per heavy atom. The maximum Gasteiger partial charge on any atom is 0.232 e. The van der Waals surface area contributed by atoms with Gasteiger partial charge in [-0.15, -0.1) is 0 Å². The van der Waals surface area contributed by atoms with Crippen molar-refractivity contribution < 1.29 is 4.74 Å². The van der Waals surface area contributed by atoms with Crippen LogP contribution in [0.5, 0.6) is 0 Å². The van der Waals surface area contributed by atoms with Crippen molar-refractivity contribution in [3.63, 3.8) is 0 Å². The molecular weight excluding hydrogens is 528 g/mol. The molecule has 0 amide bonds. The molecule has 212 valence electrons. The fourth-order valence-electron chi connectivity index (χ4n) is 6.48. The van der Waals surface area contributed by atoms with Gasteiger partial charge in [-0.2, -0.15) is 9.97 Å². The van der Waals surface area contributed by atoms with Gasteiger partial charge in [0.25, 0.3) is 0 Å². The lowest BCUT2D eigenvalue weighted by Gasteiger charge is -2.38. The zero-order valence-corrected chi connectivity index (χ0v) is 25.0. The first kappa shape index (κ1) is 28.4. The first-order valence-electron chi connectivity index (χ1n) is 14.7. The van der Waals surface area contributed by atoms with Crippen LogP contribution in [0, 0.1) is 11.8 Å². The minimum Gasteiger partial charge on any atom is -0.381 e. The molecule has 2 aromatic rings. The molecule has 5 rings (SSSR count). The van der Waals surface area contributed by atoms with Crippen LogP contribution < -0.4 is 20.4 Å². The number of nitrogens with zero attached hydrogens (tertiary/aromatic N) is 4. The van der Waals surface area contributed by atoms with Crippen molar-refractivity contribution in [2.24, 2.45) is 11.8 Å². The monoisotopic (exact) mass is 570 g/mol. The molecule has 3 aliphatic rings. The van der Waals surface area contributed by atoms with Crippen LogP contribution in [-0.2, 0) is 10.2 Å². The third-order valence-corrected chi connectivity index (χ3v) is 9.04. The van der Waals surface area contributed by atoms with E-state index >= 15 is 0 Å². The number of ether oxygens (including phenoxy) is 1. The summed E-state index contributed by atoms with van der Waals surface area (Å²) in [5, 5.41) is 8.15. The molecule has 2 N–H and O–H groups in total. The van der Waals surface area contributed by atoms with E-state index in [2.05, 4.69) is 52.5 Å². The molecule has 3 aliphatic heterocycles. The normalized spacial score (nSPS) is 23.7. The van der Waals surface area contributed by atoms with E-state index in [0.29, 0.717) is 29.4 Å². The summed E-state index contributed by atoms with van der Waals surface area (Å²) in [5.74, 6) is 3.86. The van der Waals surface area contributed by atoms with E-state index < -0.39 is 0 Å². The number of piperidine rings is 1. The average molecular weight is 571 g/mol. The molecular formula is C30H43ClN6OS. The molecule has 9 heteroatoms. The summed E-state index contributed by atoms with van der Waals surface area (Å²) in [5.41, 5.74) is 1.20. The second kappa shape index (κ2) is 13.0. The maximum absolute atomic E-state index is 6.18. The Balaban J connectivity index is 1.34. The molecule has 0 saturated carbocycles. The molecule has 0 aliphatic carbocycles. The third-order valence-electron chi connectivity index (χ3n) is 8.54. The number of thiocarbonyl (C=S) groups is 1. The number of hydrogen-bond acceptors (Lipinski definition) is 6. The molecule has 0 bridgehead atoms. The van der Waals surface area contributed by atoms with Crippen LogP contribution >= 0.6 is 23.8 Å². The van der Waals surface area contributed by atoms with Crippen LogP contribution in [0.3, 0.4) is 0 Å². The highest BCUT2D eigenvalue weighted by atomic mass is 35.5. The molecule has 1 aromatic heterocycles. The van der Waals surface area contributed by atoms with Crippen LogP contribution in [-0.4, -0.2) is 61.0 Å². The Hall–Kier alpha value is -2.16. The fourth-order valence-corrected chi connectivity index (χ4v) is 6.77.